The molecule has 3 N–H and O–H groups in total. The first-order valence-corrected chi connectivity index (χ1v) is 9.32. The lowest BCUT2D eigenvalue weighted by Crippen LogP contribution is -3.15. The molecule has 3 aromatic rings. The highest BCUT2D eigenvalue weighted by Gasteiger charge is 2.25. The van der Waals surface area contributed by atoms with E-state index >= 15 is 0 Å². The fourth-order valence-electron chi connectivity index (χ4n) is 3.88. The molecule has 1 aliphatic rings. The predicted octanol–water partition coefficient (Wildman–Crippen LogP) is 1.75. The summed E-state index contributed by atoms with van der Waals surface area (Å²) in [6.45, 7) is 3.94. The summed E-state index contributed by atoms with van der Waals surface area (Å²) in [5.74, 6) is 0.607. The molecule has 0 aliphatic carbocycles. The quantitative estimate of drug-likeness (QED) is 0.642. The van der Waals surface area contributed by atoms with E-state index < -0.39 is 6.10 Å². The van der Waals surface area contributed by atoms with Crippen LogP contribution in [-0.4, -0.2) is 49.9 Å². The standard InChI is InChI=1S/C21H24FN3O2/c1-27-15-6-7-19-16(12-15)17(13-23-19)21(26)14-24-8-10-25(11-9-24)20-5-3-2-4-18(20)22/h2-7,12-13,21,23,26H,8-11,14H2,1H3/p+1/t21-/m1/s1. The van der Waals surface area contributed by atoms with E-state index in [4.69, 9.17) is 4.74 Å². The van der Waals surface area contributed by atoms with Crippen molar-refractivity contribution in [3.63, 3.8) is 0 Å². The number of aromatic amines is 1. The molecule has 2 heterocycles. The van der Waals surface area contributed by atoms with Gasteiger partial charge in [-0.05, 0) is 30.3 Å². The molecule has 0 spiro atoms. The molecule has 1 aliphatic heterocycles. The van der Waals surface area contributed by atoms with Crippen molar-refractivity contribution in [2.45, 2.75) is 6.10 Å². The first-order valence-electron chi connectivity index (χ1n) is 9.32. The maximum absolute atomic E-state index is 14.0. The van der Waals surface area contributed by atoms with E-state index in [1.165, 1.54) is 11.0 Å². The Bertz CT molecular complexity index is 919. The highest BCUT2D eigenvalue weighted by Crippen LogP contribution is 2.27. The minimum Gasteiger partial charge on any atom is -0.497 e. The molecule has 0 saturated carbocycles. The number of quaternary nitrogens is 1. The lowest BCUT2D eigenvalue weighted by Gasteiger charge is -2.34. The number of fused-ring (bicyclic) bond motifs is 1. The number of aliphatic hydroxyl groups excluding tert-OH is 1. The Labute approximate surface area is 158 Å². The number of rotatable bonds is 5. The topological polar surface area (TPSA) is 52.9 Å². The summed E-state index contributed by atoms with van der Waals surface area (Å²) in [5.41, 5.74) is 2.55. The third-order valence-corrected chi connectivity index (χ3v) is 5.43. The Kier molecular flexibility index (Phi) is 5.01. The van der Waals surface area contributed by atoms with Gasteiger partial charge in [0.1, 0.15) is 24.2 Å². The predicted molar refractivity (Wildman–Crippen MR) is 104 cm³/mol. The van der Waals surface area contributed by atoms with Gasteiger partial charge in [0.2, 0.25) is 0 Å². The second kappa shape index (κ2) is 7.58. The molecule has 1 saturated heterocycles. The Morgan fingerprint density at radius 2 is 2.00 bits per heavy atom. The highest BCUT2D eigenvalue weighted by molar-refractivity contribution is 5.85. The minimum atomic E-state index is -0.555. The van der Waals surface area contributed by atoms with Crippen LogP contribution in [0, 0.1) is 5.82 Å². The van der Waals surface area contributed by atoms with Gasteiger partial charge in [0.25, 0.3) is 0 Å². The van der Waals surface area contributed by atoms with Crippen LogP contribution in [0.25, 0.3) is 10.9 Å². The number of benzene rings is 2. The van der Waals surface area contributed by atoms with Crippen molar-refractivity contribution in [3.05, 3.63) is 60.0 Å². The minimum absolute atomic E-state index is 0.172. The molecule has 5 nitrogen and oxygen atoms in total. The zero-order chi connectivity index (χ0) is 18.8. The first kappa shape index (κ1) is 17.8. The average Bonchev–Trinajstić information content (AvgIpc) is 3.12. The van der Waals surface area contributed by atoms with Gasteiger partial charge < -0.3 is 24.6 Å². The largest absolute Gasteiger partial charge is 0.497 e. The normalized spacial score (nSPS) is 16.6. The summed E-state index contributed by atoms with van der Waals surface area (Å²) in [7, 11) is 1.64. The summed E-state index contributed by atoms with van der Waals surface area (Å²) in [4.78, 5) is 6.63. The zero-order valence-corrected chi connectivity index (χ0v) is 15.4. The number of piperazine rings is 1. The number of aromatic nitrogens is 1. The molecule has 0 radical (unpaired) electrons. The maximum Gasteiger partial charge on any atom is 0.146 e. The number of hydrogen-bond donors (Lipinski definition) is 3. The third kappa shape index (κ3) is 3.63. The van der Waals surface area contributed by atoms with Crippen LogP contribution in [0.1, 0.15) is 11.7 Å². The summed E-state index contributed by atoms with van der Waals surface area (Å²) >= 11 is 0. The van der Waals surface area contributed by atoms with Crippen molar-refractivity contribution >= 4 is 16.6 Å². The van der Waals surface area contributed by atoms with Crippen LogP contribution in [0.2, 0.25) is 0 Å². The van der Waals surface area contributed by atoms with Crippen LogP contribution < -0.4 is 14.5 Å². The molecule has 0 amide bonds. The van der Waals surface area contributed by atoms with E-state index in [0.717, 1.165) is 48.4 Å². The lowest BCUT2D eigenvalue weighted by atomic mass is 10.1. The molecule has 27 heavy (non-hydrogen) atoms. The van der Waals surface area contributed by atoms with Crippen molar-refractivity contribution in [2.24, 2.45) is 0 Å². The molecule has 142 valence electrons. The SMILES string of the molecule is COc1ccc2[nH]cc([C@H](O)C[NH+]3CCN(c4ccccc4F)CC3)c2c1. The smallest absolute Gasteiger partial charge is 0.146 e. The number of hydrogen-bond acceptors (Lipinski definition) is 3. The molecule has 0 unspecified atom stereocenters. The second-order valence-electron chi connectivity index (χ2n) is 7.06. The molecule has 2 aromatic carbocycles. The van der Waals surface area contributed by atoms with Crippen molar-refractivity contribution in [2.75, 3.05) is 44.7 Å². The highest BCUT2D eigenvalue weighted by atomic mass is 19.1. The number of H-pyrrole nitrogens is 1. The van der Waals surface area contributed by atoms with Crippen molar-refractivity contribution in [3.8, 4) is 5.75 Å². The van der Waals surface area contributed by atoms with Crippen molar-refractivity contribution in [1.82, 2.24) is 4.98 Å². The molecule has 1 fully saturated rings. The molecular formula is C21H25FN3O2+. The Hall–Kier alpha value is -2.57. The van der Waals surface area contributed by atoms with Gasteiger partial charge >= 0.3 is 0 Å². The molecule has 6 heteroatoms. The van der Waals surface area contributed by atoms with Crippen LogP contribution >= 0.6 is 0 Å². The van der Waals surface area contributed by atoms with E-state index in [9.17, 15) is 9.50 Å². The van der Waals surface area contributed by atoms with Crippen molar-refractivity contribution in [1.29, 1.82) is 0 Å². The number of nitrogens with zero attached hydrogens (tertiary/aromatic N) is 1. The Balaban J connectivity index is 1.41. The molecule has 0 bridgehead atoms. The Morgan fingerprint density at radius 3 is 2.74 bits per heavy atom. The van der Waals surface area contributed by atoms with Crippen LogP contribution in [0.3, 0.4) is 0 Å². The first-order chi connectivity index (χ1) is 13.2. The maximum atomic E-state index is 14.0. The van der Waals surface area contributed by atoms with Gasteiger partial charge in [-0.1, -0.05) is 12.1 Å². The summed E-state index contributed by atoms with van der Waals surface area (Å²) in [5, 5.41) is 11.8. The number of halogens is 1. The van der Waals surface area contributed by atoms with Crippen LogP contribution in [-0.2, 0) is 0 Å². The number of nitrogens with one attached hydrogen (secondary N) is 2. The van der Waals surface area contributed by atoms with Gasteiger partial charge in [0, 0.05) is 22.7 Å². The second-order valence-corrected chi connectivity index (χ2v) is 7.06. The molecule has 4 rings (SSSR count). The summed E-state index contributed by atoms with van der Waals surface area (Å²) in [6, 6.07) is 12.7. The molecule has 1 aromatic heterocycles. The van der Waals surface area contributed by atoms with E-state index in [1.807, 2.05) is 36.5 Å². The lowest BCUT2D eigenvalue weighted by molar-refractivity contribution is -0.904. The van der Waals surface area contributed by atoms with Gasteiger partial charge in [-0.25, -0.2) is 4.39 Å². The number of para-hydroxylation sites is 1. The molecule has 1 atom stereocenters. The average molecular weight is 370 g/mol. The van der Waals surface area contributed by atoms with E-state index in [1.54, 1.807) is 13.2 Å². The molecular weight excluding hydrogens is 345 g/mol. The number of ether oxygens (including phenoxy) is 1. The number of aliphatic hydroxyl groups is 1. The number of methoxy groups -OCH3 is 1. The summed E-state index contributed by atoms with van der Waals surface area (Å²) in [6.07, 6.45) is 1.32. The van der Waals surface area contributed by atoms with E-state index in [-0.39, 0.29) is 5.82 Å². The zero-order valence-electron chi connectivity index (χ0n) is 15.4. The van der Waals surface area contributed by atoms with Crippen molar-refractivity contribution < 1.29 is 19.1 Å². The Morgan fingerprint density at radius 1 is 1.22 bits per heavy atom. The van der Waals surface area contributed by atoms with Gasteiger partial charge in [-0.3, -0.25) is 0 Å². The van der Waals surface area contributed by atoms with Crippen LogP contribution in [0.4, 0.5) is 10.1 Å². The van der Waals surface area contributed by atoms with E-state index in [0.29, 0.717) is 12.2 Å². The van der Waals surface area contributed by atoms with Gasteiger partial charge in [0.05, 0.1) is 39.0 Å². The fraction of sp³-hybridized carbons (Fsp3) is 0.333. The third-order valence-electron chi connectivity index (χ3n) is 5.43. The van der Waals surface area contributed by atoms with Gasteiger partial charge in [-0.2, -0.15) is 0 Å². The van der Waals surface area contributed by atoms with Gasteiger partial charge in [0.15, 0.2) is 0 Å². The number of anilines is 1. The van der Waals surface area contributed by atoms with Gasteiger partial charge in [-0.15, -0.1) is 0 Å². The monoisotopic (exact) mass is 370 g/mol. The van der Waals surface area contributed by atoms with Crippen LogP contribution in [0.5, 0.6) is 5.75 Å². The van der Waals surface area contributed by atoms with Crippen LogP contribution in [0.15, 0.2) is 48.7 Å². The summed E-state index contributed by atoms with van der Waals surface area (Å²) < 4.78 is 19.3. The fourth-order valence-corrected chi connectivity index (χ4v) is 3.88. The van der Waals surface area contributed by atoms with E-state index in [2.05, 4.69) is 9.88 Å².